The second-order valence-corrected chi connectivity index (χ2v) is 3.08. The summed E-state index contributed by atoms with van der Waals surface area (Å²) >= 11 is 0. The molecule has 0 fully saturated rings. The second-order valence-electron chi connectivity index (χ2n) is 3.08. The molecule has 1 N–H and O–H groups in total. The minimum Gasteiger partial charge on any atom is -0.411 e. The van der Waals surface area contributed by atoms with E-state index in [0.29, 0.717) is 12.1 Å². The van der Waals surface area contributed by atoms with Crippen molar-refractivity contribution in [3.63, 3.8) is 0 Å². The Morgan fingerprint density at radius 2 is 2.23 bits per heavy atom. The van der Waals surface area contributed by atoms with Gasteiger partial charge >= 0.3 is 0 Å². The van der Waals surface area contributed by atoms with E-state index in [1.165, 1.54) is 12.1 Å². The summed E-state index contributed by atoms with van der Waals surface area (Å²) in [4.78, 5) is 0. The summed E-state index contributed by atoms with van der Waals surface area (Å²) in [5.74, 6) is -0.258. The van der Waals surface area contributed by atoms with Gasteiger partial charge in [0.2, 0.25) is 0 Å². The van der Waals surface area contributed by atoms with Crippen LogP contribution < -0.4 is 0 Å². The fraction of sp³-hybridized carbons (Fsp3) is 0.300. The van der Waals surface area contributed by atoms with E-state index in [1.807, 2.05) is 6.92 Å². The van der Waals surface area contributed by atoms with Crippen molar-refractivity contribution in [2.45, 2.75) is 20.3 Å². The quantitative estimate of drug-likeness (QED) is 0.424. The molecular weight excluding hydrogens is 169 g/mol. The smallest absolute Gasteiger partial charge is 0.123 e. The Morgan fingerprint density at radius 3 is 2.85 bits per heavy atom. The Bertz CT molecular complexity index is 334. The van der Waals surface area contributed by atoms with Crippen LogP contribution in [0.4, 0.5) is 4.39 Å². The summed E-state index contributed by atoms with van der Waals surface area (Å²) in [6.07, 6.45) is 0.486. The first-order chi connectivity index (χ1) is 6.13. The highest BCUT2D eigenvalue weighted by Crippen LogP contribution is 2.11. The van der Waals surface area contributed by atoms with Crippen molar-refractivity contribution in [1.29, 1.82) is 0 Å². The van der Waals surface area contributed by atoms with E-state index in [9.17, 15) is 4.39 Å². The first-order valence-corrected chi connectivity index (χ1v) is 4.06. The van der Waals surface area contributed by atoms with Gasteiger partial charge in [-0.05, 0) is 37.1 Å². The molecule has 1 aromatic rings. The molecule has 0 bridgehead atoms. The number of oxime groups is 1. The van der Waals surface area contributed by atoms with Gasteiger partial charge in [-0.15, -0.1) is 0 Å². The average molecular weight is 181 g/mol. The van der Waals surface area contributed by atoms with Crippen LogP contribution in [0.2, 0.25) is 0 Å². The number of aryl methyl sites for hydroxylation is 1. The number of rotatable bonds is 2. The molecule has 70 valence electrons. The maximum absolute atomic E-state index is 12.8. The first-order valence-electron chi connectivity index (χ1n) is 4.06. The molecule has 0 aromatic heterocycles. The van der Waals surface area contributed by atoms with Crippen LogP contribution in [0.3, 0.4) is 0 Å². The third kappa shape index (κ3) is 2.54. The molecule has 0 amide bonds. The van der Waals surface area contributed by atoms with E-state index in [4.69, 9.17) is 5.21 Å². The van der Waals surface area contributed by atoms with Gasteiger partial charge in [0.25, 0.3) is 0 Å². The molecule has 0 aliphatic rings. The van der Waals surface area contributed by atoms with Gasteiger partial charge in [-0.2, -0.15) is 0 Å². The van der Waals surface area contributed by atoms with E-state index in [2.05, 4.69) is 5.16 Å². The Kier molecular flexibility index (Phi) is 3.01. The van der Waals surface area contributed by atoms with Crippen molar-refractivity contribution in [3.8, 4) is 0 Å². The molecule has 0 saturated heterocycles. The molecule has 2 nitrogen and oxygen atoms in total. The summed E-state index contributed by atoms with van der Waals surface area (Å²) in [6, 6.07) is 4.60. The molecule has 13 heavy (non-hydrogen) atoms. The molecular formula is C10H12FNO. The second kappa shape index (κ2) is 4.03. The monoisotopic (exact) mass is 181 g/mol. The predicted molar refractivity (Wildman–Crippen MR) is 49.7 cm³/mol. The third-order valence-electron chi connectivity index (χ3n) is 1.93. The van der Waals surface area contributed by atoms with Gasteiger partial charge < -0.3 is 5.21 Å². The Labute approximate surface area is 76.7 Å². The number of hydrogen-bond acceptors (Lipinski definition) is 2. The molecule has 0 aliphatic carbocycles. The van der Waals surface area contributed by atoms with Gasteiger partial charge in [0.1, 0.15) is 5.82 Å². The van der Waals surface area contributed by atoms with Gasteiger partial charge in [-0.1, -0.05) is 11.2 Å². The van der Waals surface area contributed by atoms with Crippen molar-refractivity contribution >= 4 is 5.71 Å². The van der Waals surface area contributed by atoms with Crippen LogP contribution >= 0.6 is 0 Å². The van der Waals surface area contributed by atoms with Gasteiger partial charge in [0.05, 0.1) is 5.71 Å². The highest BCUT2D eigenvalue weighted by atomic mass is 19.1. The van der Waals surface area contributed by atoms with Gasteiger partial charge in [-0.25, -0.2) is 4.39 Å². The van der Waals surface area contributed by atoms with E-state index >= 15 is 0 Å². The van der Waals surface area contributed by atoms with Crippen LogP contribution in [0.25, 0.3) is 0 Å². The van der Waals surface area contributed by atoms with Crippen molar-refractivity contribution in [1.82, 2.24) is 0 Å². The summed E-state index contributed by atoms with van der Waals surface area (Å²) in [6.45, 7) is 3.60. The zero-order chi connectivity index (χ0) is 9.84. The Balaban J connectivity index is 2.94. The summed E-state index contributed by atoms with van der Waals surface area (Å²) in [5, 5.41) is 11.5. The zero-order valence-electron chi connectivity index (χ0n) is 7.71. The summed E-state index contributed by atoms with van der Waals surface area (Å²) < 4.78 is 12.8. The van der Waals surface area contributed by atoms with E-state index < -0.39 is 0 Å². The average Bonchev–Trinajstić information content (AvgIpc) is 2.11. The van der Waals surface area contributed by atoms with Crippen molar-refractivity contribution < 1.29 is 9.60 Å². The van der Waals surface area contributed by atoms with E-state index in [0.717, 1.165) is 11.1 Å². The summed E-state index contributed by atoms with van der Waals surface area (Å²) in [5.41, 5.74) is 2.44. The van der Waals surface area contributed by atoms with Crippen LogP contribution in [-0.2, 0) is 6.42 Å². The van der Waals surface area contributed by atoms with Crippen LogP contribution in [-0.4, -0.2) is 10.9 Å². The van der Waals surface area contributed by atoms with Crippen molar-refractivity contribution in [3.05, 3.63) is 35.1 Å². The molecule has 0 radical (unpaired) electrons. The van der Waals surface area contributed by atoms with E-state index in [-0.39, 0.29) is 5.82 Å². The fourth-order valence-electron chi connectivity index (χ4n) is 1.14. The van der Waals surface area contributed by atoms with Crippen LogP contribution in [0, 0.1) is 12.7 Å². The van der Waals surface area contributed by atoms with Crippen molar-refractivity contribution in [2.75, 3.05) is 0 Å². The number of hydrogen-bond donors (Lipinski definition) is 1. The van der Waals surface area contributed by atoms with Gasteiger partial charge in [-0.3, -0.25) is 0 Å². The number of halogens is 1. The third-order valence-corrected chi connectivity index (χ3v) is 1.93. The molecule has 1 aromatic carbocycles. The lowest BCUT2D eigenvalue weighted by atomic mass is 10.0. The van der Waals surface area contributed by atoms with E-state index in [1.54, 1.807) is 13.0 Å². The van der Waals surface area contributed by atoms with Crippen LogP contribution in [0.15, 0.2) is 23.4 Å². The molecule has 3 heteroatoms. The van der Waals surface area contributed by atoms with Crippen LogP contribution in [0.1, 0.15) is 18.1 Å². The molecule has 0 atom stereocenters. The highest BCUT2D eigenvalue weighted by molar-refractivity contribution is 5.83. The SMILES string of the molecule is CC(Cc1cc(F)ccc1C)=NO. The maximum Gasteiger partial charge on any atom is 0.123 e. The minimum absolute atomic E-state index is 0.258. The Hall–Kier alpha value is -1.38. The molecule has 0 spiro atoms. The molecule has 0 unspecified atom stereocenters. The largest absolute Gasteiger partial charge is 0.411 e. The first kappa shape index (κ1) is 9.71. The maximum atomic E-state index is 12.8. The highest BCUT2D eigenvalue weighted by Gasteiger charge is 2.02. The summed E-state index contributed by atoms with van der Waals surface area (Å²) in [7, 11) is 0. The number of benzene rings is 1. The standard InChI is InChI=1S/C10H12FNO/c1-7-3-4-10(11)6-9(7)5-8(2)12-13/h3-4,6,13H,5H2,1-2H3. The zero-order valence-corrected chi connectivity index (χ0v) is 7.71. The molecule has 0 heterocycles. The van der Waals surface area contributed by atoms with Gasteiger partial charge in [0, 0.05) is 6.42 Å². The lowest BCUT2D eigenvalue weighted by Crippen LogP contribution is -2.00. The topological polar surface area (TPSA) is 32.6 Å². The number of nitrogens with zero attached hydrogens (tertiary/aromatic N) is 1. The Morgan fingerprint density at radius 1 is 1.54 bits per heavy atom. The normalized spacial score (nSPS) is 11.8. The predicted octanol–water partition coefficient (Wildman–Crippen LogP) is 2.53. The lowest BCUT2D eigenvalue weighted by molar-refractivity contribution is 0.317. The van der Waals surface area contributed by atoms with Crippen molar-refractivity contribution in [2.24, 2.45) is 5.16 Å². The minimum atomic E-state index is -0.258. The molecule has 0 aliphatic heterocycles. The lowest BCUT2D eigenvalue weighted by Gasteiger charge is -2.03. The molecule has 1 rings (SSSR count). The fourth-order valence-corrected chi connectivity index (χ4v) is 1.14. The molecule has 0 saturated carbocycles. The van der Waals surface area contributed by atoms with Gasteiger partial charge in [0.15, 0.2) is 0 Å². The van der Waals surface area contributed by atoms with Crippen LogP contribution in [0.5, 0.6) is 0 Å².